The SMILES string of the molecule is CCNCC(C1CCC1)N(C)C. The first-order chi connectivity index (χ1) is 5.75. The van der Waals surface area contributed by atoms with Crippen molar-refractivity contribution in [2.75, 3.05) is 27.2 Å². The van der Waals surface area contributed by atoms with Gasteiger partial charge in [0.05, 0.1) is 0 Å². The molecule has 1 fully saturated rings. The van der Waals surface area contributed by atoms with E-state index in [0.717, 1.165) is 25.0 Å². The third kappa shape index (κ3) is 2.46. The average Bonchev–Trinajstić information content (AvgIpc) is 1.93. The van der Waals surface area contributed by atoms with E-state index >= 15 is 0 Å². The van der Waals surface area contributed by atoms with Gasteiger partial charge in [0.15, 0.2) is 0 Å². The highest BCUT2D eigenvalue weighted by molar-refractivity contribution is 4.83. The number of likely N-dealkylation sites (N-methyl/N-ethyl adjacent to an activating group) is 2. The minimum absolute atomic E-state index is 0.763. The van der Waals surface area contributed by atoms with Crippen molar-refractivity contribution in [3.8, 4) is 0 Å². The first kappa shape index (κ1) is 10.0. The van der Waals surface area contributed by atoms with Gasteiger partial charge in [0, 0.05) is 12.6 Å². The molecule has 0 radical (unpaired) electrons. The van der Waals surface area contributed by atoms with E-state index in [0.29, 0.717) is 0 Å². The van der Waals surface area contributed by atoms with Crippen molar-refractivity contribution in [1.82, 2.24) is 10.2 Å². The fourth-order valence-electron chi connectivity index (χ4n) is 1.89. The zero-order valence-corrected chi connectivity index (χ0v) is 8.64. The first-order valence-corrected chi connectivity index (χ1v) is 5.12. The quantitative estimate of drug-likeness (QED) is 0.669. The zero-order valence-electron chi connectivity index (χ0n) is 8.64. The van der Waals surface area contributed by atoms with E-state index in [-0.39, 0.29) is 0 Å². The molecule has 0 aromatic rings. The van der Waals surface area contributed by atoms with Crippen molar-refractivity contribution in [2.45, 2.75) is 32.2 Å². The van der Waals surface area contributed by atoms with E-state index in [2.05, 4.69) is 31.2 Å². The van der Waals surface area contributed by atoms with Gasteiger partial charge in [-0.05, 0) is 39.4 Å². The molecule has 1 atom stereocenters. The second kappa shape index (κ2) is 4.83. The summed E-state index contributed by atoms with van der Waals surface area (Å²) in [4.78, 5) is 2.37. The molecule has 0 aliphatic heterocycles. The fourth-order valence-corrected chi connectivity index (χ4v) is 1.89. The summed E-state index contributed by atoms with van der Waals surface area (Å²) in [5, 5.41) is 3.44. The zero-order chi connectivity index (χ0) is 8.97. The Balaban J connectivity index is 2.27. The summed E-state index contributed by atoms with van der Waals surface area (Å²) in [6, 6.07) is 0.763. The molecule has 0 heterocycles. The van der Waals surface area contributed by atoms with Crippen LogP contribution in [0.15, 0.2) is 0 Å². The third-order valence-corrected chi connectivity index (χ3v) is 2.96. The summed E-state index contributed by atoms with van der Waals surface area (Å²) in [5.41, 5.74) is 0. The Hall–Kier alpha value is -0.0800. The molecular weight excluding hydrogens is 148 g/mol. The molecule has 0 amide bonds. The van der Waals surface area contributed by atoms with Crippen LogP contribution >= 0.6 is 0 Å². The molecule has 2 heteroatoms. The number of hydrogen-bond donors (Lipinski definition) is 1. The van der Waals surface area contributed by atoms with Gasteiger partial charge in [0.1, 0.15) is 0 Å². The van der Waals surface area contributed by atoms with Gasteiger partial charge < -0.3 is 10.2 Å². The van der Waals surface area contributed by atoms with Crippen LogP contribution in [0.5, 0.6) is 0 Å². The molecule has 2 nitrogen and oxygen atoms in total. The second-order valence-corrected chi connectivity index (χ2v) is 4.03. The van der Waals surface area contributed by atoms with Crippen molar-refractivity contribution >= 4 is 0 Å². The number of hydrogen-bond acceptors (Lipinski definition) is 2. The van der Waals surface area contributed by atoms with Gasteiger partial charge in [0.25, 0.3) is 0 Å². The number of nitrogens with one attached hydrogen (secondary N) is 1. The number of rotatable bonds is 5. The van der Waals surface area contributed by atoms with Crippen molar-refractivity contribution in [1.29, 1.82) is 0 Å². The molecule has 1 saturated carbocycles. The topological polar surface area (TPSA) is 15.3 Å². The molecule has 0 aromatic heterocycles. The first-order valence-electron chi connectivity index (χ1n) is 5.12. The maximum Gasteiger partial charge on any atom is 0.0242 e. The van der Waals surface area contributed by atoms with E-state index in [1.807, 2.05) is 0 Å². The Morgan fingerprint density at radius 3 is 2.42 bits per heavy atom. The van der Waals surface area contributed by atoms with E-state index < -0.39 is 0 Å². The van der Waals surface area contributed by atoms with E-state index in [4.69, 9.17) is 0 Å². The predicted molar refractivity (Wildman–Crippen MR) is 53.4 cm³/mol. The van der Waals surface area contributed by atoms with Gasteiger partial charge in [-0.3, -0.25) is 0 Å². The second-order valence-electron chi connectivity index (χ2n) is 4.03. The number of nitrogens with zero attached hydrogens (tertiary/aromatic N) is 1. The van der Waals surface area contributed by atoms with Crippen molar-refractivity contribution in [2.24, 2.45) is 5.92 Å². The lowest BCUT2D eigenvalue weighted by atomic mass is 9.79. The van der Waals surface area contributed by atoms with Gasteiger partial charge in [-0.25, -0.2) is 0 Å². The summed E-state index contributed by atoms with van der Waals surface area (Å²) < 4.78 is 0. The van der Waals surface area contributed by atoms with Gasteiger partial charge >= 0.3 is 0 Å². The lowest BCUT2D eigenvalue weighted by Gasteiger charge is -2.38. The van der Waals surface area contributed by atoms with Crippen LogP contribution in [0.1, 0.15) is 26.2 Å². The minimum Gasteiger partial charge on any atom is -0.315 e. The average molecular weight is 170 g/mol. The molecule has 1 rings (SSSR count). The molecule has 72 valence electrons. The molecule has 0 aromatic carbocycles. The van der Waals surface area contributed by atoms with Crippen molar-refractivity contribution in [3.63, 3.8) is 0 Å². The molecular formula is C10H22N2. The molecule has 1 aliphatic rings. The molecule has 12 heavy (non-hydrogen) atoms. The van der Waals surface area contributed by atoms with Crippen LogP contribution in [0.25, 0.3) is 0 Å². The van der Waals surface area contributed by atoms with Crippen LogP contribution < -0.4 is 5.32 Å². The van der Waals surface area contributed by atoms with Gasteiger partial charge in [0.2, 0.25) is 0 Å². The minimum atomic E-state index is 0.763. The van der Waals surface area contributed by atoms with Crippen molar-refractivity contribution in [3.05, 3.63) is 0 Å². The standard InChI is InChI=1S/C10H22N2/c1-4-11-8-10(12(2)3)9-6-5-7-9/h9-11H,4-8H2,1-3H3. The Morgan fingerprint density at radius 1 is 1.42 bits per heavy atom. The summed E-state index contributed by atoms with van der Waals surface area (Å²) in [5.74, 6) is 0.957. The Labute approximate surface area is 76.3 Å². The molecule has 0 spiro atoms. The normalized spacial score (nSPS) is 21.0. The largest absolute Gasteiger partial charge is 0.315 e. The molecule has 1 unspecified atom stereocenters. The molecule has 1 N–H and O–H groups in total. The van der Waals surface area contributed by atoms with Crippen molar-refractivity contribution < 1.29 is 0 Å². The third-order valence-electron chi connectivity index (χ3n) is 2.96. The highest BCUT2D eigenvalue weighted by Crippen LogP contribution is 2.31. The van der Waals surface area contributed by atoms with Gasteiger partial charge in [-0.2, -0.15) is 0 Å². The fraction of sp³-hybridized carbons (Fsp3) is 1.00. The lowest BCUT2D eigenvalue weighted by Crippen LogP contribution is -2.45. The van der Waals surface area contributed by atoms with E-state index in [9.17, 15) is 0 Å². The van der Waals surface area contributed by atoms with Gasteiger partial charge in [-0.1, -0.05) is 13.3 Å². The summed E-state index contributed by atoms with van der Waals surface area (Å²) in [7, 11) is 4.39. The van der Waals surface area contributed by atoms with Crippen LogP contribution in [-0.2, 0) is 0 Å². The Morgan fingerprint density at radius 2 is 2.08 bits per heavy atom. The van der Waals surface area contributed by atoms with Crippen LogP contribution in [0, 0.1) is 5.92 Å². The smallest absolute Gasteiger partial charge is 0.0242 e. The van der Waals surface area contributed by atoms with Gasteiger partial charge in [-0.15, -0.1) is 0 Å². The monoisotopic (exact) mass is 170 g/mol. The summed E-state index contributed by atoms with van der Waals surface area (Å²) >= 11 is 0. The Kier molecular flexibility index (Phi) is 4.02. The summed E-state index contributed by atoms with van der Waals surface area (Å²) in [6.45, 7) is 4.43. The molecule has 0 saturated heterocycles. The highest BCUT2D eigenvalue weighted by Gasteiger charge is 2.27. The predicted octanol–water partition coefficient (Wildman–Crippen LogP) is 1.33. The maximum absolute atomic E-state index is 3.44. The highest BCUT2D eigenvalue weighted by atomic mass is 15.1. The van der Waals surface area contributed by atoms with Crippen LogP contribution in [0.3, 0.4) is 0 Å². The summed E-state index contributed by atoms with van der Waals surface area (Å²) in [6.07, 6.45) is 4.32. The Bertz CT molecular complexity index is 119. The van der Waals surface area contributed by atoms with Crippen LogP contribution in [0.2, 0.25) is 0 Å². The van der Waals surface area contributed by atoms with Crippen LogP contribution in [-0.4, -0.2) is 38.1 Å². The maximum atomic E-state index is 3.44. The van der Waals surface area contributed by atoms with Crippen LogP contribution in [0.4, 0.5) is 0 Å². The molecule has 1 aliphatic carbocycles. The molecule has 0 bridgehead atoms. The van der Waals surface area contributed by atoms with E-state index in [1.165, 1.54) is 19.3 Å². The lowest BCUT2D eigenvalue weighted by molar-refractivity contribution is 0.139. The van der Waals surface area contributed by atoms with E-state index in [1.54, 1.807) is 0 Å².